The second kappa shape index (κ2) is 10.8. The summed E-state index contributed by atoms with van der Waals surface area (Å²) in [6.45, 7) is 4.11. The smallest absolute Gasteiger partial charge is 0.131 e. The van der Waals surface area contributed by atoms with E-state index in [0.29, 0.717) is 0 Å². The Hall–Kier alpha value is -3.23. The Balaban J connectivity index is 1.63. The zero-order valence-corrected chi connectivity index (χ0v) is 21.1. The van der Waals surface area contributed by atoms with Gasteiger partial charge in [0.25, 0.3) is 0 Å². The molecule has 1 fully saturated rings. The van der Waals surface area contributed by atoms with Gasteiger partial charge in [0.15, 0.2) is 0 Å². The molecular weight excluding hydrogens is 442 g/mol. The van der Waals surface area contributed by atoms with Gasteiger partial charge in [0.2, 0.25) is 0 Å². The van der Waals surface area contributed by atoms with Gasteiger partial charge in [-0.15, -0.1) is 0 Å². The van der Waals surface area contributed by atoms with Crippen LogP contribution in [0.2, 0.25) is 0 Å². The lowest BCUT2D eigenvalue weighted by atomic mass is 10.0. The quantitative estimate of drug-likeness (QED) is 0.434. The van der Waals surface area contributed by atoms with E-state index in [-0.39, 0.29) is 10.5 Å². The van der Waals surface area contributed by atoms with Crippen molar-refractivity contribution in [1.82, 2.24) is 14.9 Å². The molecule has 7 nitrogen and oxygen atoms in total. The molecule has 0 unspecified atom stereocenters. The standard InChI is InChI=1S/C26H33N7S/c1-28-17-23(16-27)19-5-6-21-18-30-24(14-22(21)13-19)31-26(34(3)4)20-7-8-29-25(15-20)33-11-9-32(2)10-12-33/h5-8,13-18H,9-12,27H2,1-4H3,(H,30,31)/b23-16+,28-17?. The number of likely N-dealkylation sites (N-methyl/N-ethyl adjacent to an activating group) is 1. The van der Waals surface area contributed by atoms with Crippen molar-refractivity contribution in [3.05, 3.63) is 66.1 Å². The van der Waals surface area contributed by atoms with Crippen molar-refractivity contribution in [2.75, 3.05) is 63.0 Å². The zero-order chi connectivity index (χ0) is 24.1. The van der Waals surface area contributed by atoms with E-state index in [4.69, 9.17) is 5.73 Å². The van der Waals surface area contributed by atoms with E-state index in [1.54, 1.807) is 19.5 Å². The van der Waals surface area contributed by atoms with E-state index < -0.39 is 0 Å². The Morgan fingerprint density at radius 3 is 2.53 bits per heavy atom. The minimum absolute atomic E-state index is 0.00532. The van der Waals surface area contributed by atoms with Crippen molar-refractivity contribution in [3.8, 4) is 0 Å². The van der Waals surface area contributed by atoms with Gasteiger partial charge in [-0.05, 0) is 54.8 Å². The average molecular weight is 476 g/mol. The van der Waals surface area contributed by atoms with E-state index in [2.05, 4.69) is 80.0 Å². The fourth-order valence-electron chi connectivity index (χ4n) is 4.04. The zero-order valence-electron chi connectivity index (χ0n) is 20.3. The van der Waals surface area contributed by atoms with Gasteiger partial charge >= 0.3 is 0 Å². The first-order valence-corrected chi connectivity index (χ1v) is 13.4. The molecule has 4 rings (SSSR count). The molecule has 0 aliphatic carbocycles. The lowest BCUT2D eigenvalue weighted by Gasteiger charge is -2.33. The molecule has 3 heterocycles. The van der Waals surface area contributed by atoms with Crippen molar-refractivity contribution in [2.24, 2.45) is 10.7 Å². The predicted octanol–water partition coefficient (Wildman–Crippen LogP) is 3.50. The molecule has 1 aliphatic rings. The summed E-state index contributed by atoms with van der Waals surface area (Å²) in [7, 11) is 3.91. The number of anilines is 2. The second-order valence-electron chi connectivity index (χ2n) is 8.60. The maximum Gasteiger partial charge on any atom is 0.131 e. The number of rotatable bonds is 5. The topological polar surface area (TPSA) is 82.7 Å². The Morgan fingerprint density at radius 2 is 1.82 bits per heavy atom. The van der Waals surface area contributed by atoms with E-state index in [1.165, 1.54) is 0 Å². The van der Waals surface area contributed by atoms with Crippen LogP contribution in [-0.2, 0) is 0 Å². The molecule has 0 saturated carbocycles. The number of fused-ring (bicyclic) bond motifs is 1. The van der Waals surface area contributed by atoms with Gasteiger partial charge in [0.1, 0.15) is 11.6 Å². The Bertz CT molecular complexity index is 1250. The molecular formula is C26H33N7S. The number of benzene rings is 1. The van der Waals surface area contributed by atoms with Crippen molar-refractivity contribution in [3.63, 3.8) is 0 Å². The molecule has 178 valence electrons. The molecule has 0 bridgehead atoms. The Kier molecular flexibility index (Phi) is 7.59. The highest BCUT2D eigenvalue weighted by atomic mass is 32.2. The highest BCUT2D eigenvalue weighted by Crippen LogP contribution is 2.24. The summed E-state index contributed by atoms with van der Waals surface area (Å²) in [5.74, 6) is 1.85. The Labute approximate surface area is 204 Å². The van der Waals surface area contributed by atoms with Crippen molar-refractivity contribution in [2.45, 2.75) is 0 Å². The van der Waals surface area contributed by atoms with Crippen molar-refractivity contribution in [1.29, 1.82) is 0 Å². The van der Waals surface area contributed by atoms with Crippen LogP contribution in [0.25, 0.3) is 16.3 Å². The third kappa shape index (κ3) is 5.46. The monoisotopic (exact) mass is 475 g/mol. The van der Waals surface area contributed by atoms with Crippen LogP contribution < -0.4 is 16.0 Å². The molecule has 2 aromatic heterocycles. The molecule has 0 radical (unpaired) electrons. The van der Waals surface area contributed by atoms with Crippen LogP contribution in [-0.4, -0.2) is 78.9 Å². The van der Waals surface area contributed by atoms with Gasteiger partial charge in [-0.25, -0.2) is 9.97 Å². The van der Waals surface area contributed by atoms with E-state index in [0.717, 1.165) is 70.3 Å². The van der Waals surface area contributed by atoms with Crippen molar-refractivity contribution >= 4 is 49.7 Å². The van der Waals surface area contributed by atoms with E-state index >= 15 is 0 Å². The number of nitrogens with one attached hydrogen (secondary N) is 1. The van der Waals surface area contributed by atoms with Gasteiger partial charge in [0.05, 0.1) is 4.99 Å². The van der Waals surface area contributed by atoms with Gasteiger partial charge in [-0.3, -0.25) is 4.99 Å². The molecule has 0 amide bonds. The van der Waals surface area contributed by atoms with Crippen LogP contribution in [0.5, 0.6) is 0 Å². The third-order valence-electron chi connectivity index (χ3n) is 5.99. The summed E-state index contributed by atoms with van der Waals surface area (Å²) in [6.07, 6.45) is 11.6. The second-order valence-corrected chi connectivity index (χ2v) is 10.6. The fraction of sp³-hybridized carbons (Fsp3) is 0.308. The van der Waals surface area contributed by atoms with Crippen LogP contribution in [0.4, 0.5) is 11.6 Å². The third-order valence-corrected chi connectivity index (χ3v) is 7.14. The number of aromatic nitrogens is 2. The van der Waals surface area contributed by atoms with Gasteiger partial charge in [-0.2, -0.15) is 10.5 Å². The number of pyridine rings is 2. The van der Waals surface area contributed by atoms with Crippen molar-refractivity contribution < 1.29 is 0 Å². The predicted molar refractivity (Wildman–Crippen MR) is 149 cm³/mol. The van der Waals surface area contributed by atoms with E-state index in [1.807, 2.05) is 18.5 Å². The molecule has 1 aromatic carbocycles. The molecule has 0 atom stereocenters. The van der Waals surface area contributed by atoms with Crippen LogP contribution >= 0.6 is 10.5 Å². The molecule has 3 aromatic rings. The molecule has 1 aliphatic heterocycles. The summed E-state index contributed by atoms with van der Waals surface area (Å²) >= 11 is 0. The number of allylic oxidation sites excluding steroid dienone is 1. The summed E-state index contributed by atoms with van der Waals surface area (Å²) in [4.78, 5) is 19.3. The minimum Gasteiger partial charge on any atom is -0.404 e. The number of nitrogens with two attached hydrogens (primary N) is 1. The highest BCUT2D eigenvalue weighted by molar-refractivity contribution is 8.15. The first-order valence-electron chi connectivity index (χ1n) is 11.3. The summed E-state index contributed by atoms with van der Waals surface area (Å²) < 4.78 is 0. The molecule has 8 heteroatoms. The Morgan fingerprint density at radius 1 is 1.03 bits per heavy atom. The van der Waals surface area contributed by atoms with Crippen LogP contribution in [0.15, 0.2) is 60.0 Å². The largest absolute Gasteiger partial charge is 0.404 e. The van der Waals surface area contributed by atoms with Crippen LogP contribution in [0.1, 0.15) is 11.1 Å². The normalized spacial score (nSPS) is 15.4. The SMILES string of the molecule is CN=C/C(=C\N)c1ccc2cnc(NC(c3ccnc(N4CCN(C)CC4)c3)=S(C)C)cc2c1. The minimum atomic E-state index is -0.00532. The lowest BCUT2D eigenvalue weighted by Crippen LogP contribution is -2.44. The van der Waals surface area contributed by atoms with E-state index in [9.17, 15) is 0 Å². The number of hydrogen-bond donors (Lipinski definition) is 2. The fourth-order valence-corrected chi connectivity index (χ4v) is 4.94. The molecule has 34 heavy (non-hydrogen) atoms. The first-order chi connectivity index (χ1) is 16.5. The number of aliphatic imine (C=N–C) groups is 1. The first kappa shape index (κ1) is 23.9. The summed E-state index contributed by atoms with van der Waals surface area (Å²) in [5.41, 5.74) is 8.88. The maximum absolute atomic E-state index is 5.81. The molecule has 3 N–H and O–H groups in total. The summed E-state index contributed by atoms with van der Waals surface area (Å²) in [5, 5.41) is 5.78. The number of hydrogen-bond acceptors (Lipinski definition) is 6. The highest BCUT2D eigenvalue weighted by Gasteiger charge is 2.16. The number of nitrogens with zero attached hydrogens (tertiary/aromatic N) is 5. The van der Waals surface area contributed by atoms with Crippen LogP contribution in [0.3, 0.4) is 0 Å². The average Bonchev–Trinajstić information content (AvgIpc) is 2.85. The van der Waals surface area contributed by atoms with Gasteiger partial charge in [0, 0.05) is 74.6 Å². The van der Waals surface area contributed by atoms with Gasteiger partial charge in [-0.1, -0.05) is 12.1 Å². The van der Waals surface area contributed by atoms with Crippen LogP contribution in [0, 0.1) is 0 Å². The molecule has 0 spiro atoms. The maximum atomic E-state index is 5.81. The lowest BCUT2D eigenvalue weighted by molar-refractivity contribution is 0.312. The summed E-state index contributed by atoms with van der Waals surface area (Å²) in [6, 6.07) is 12.6. The number of piperazine rings is 1. The molecule has 1 saturated heterocycles. The van der Waals surface area contributed by atoms with Gasteiger partial charge < -0.3 is 20.9 Å².